The van der Waals surface area contributed by atoms with E-state index in [4.69, 9.17) is 4.74 Å². The molecule has 0 fully saturated rings. The summed E-state index contributed by atoms with van der Waals surface area (Å²) < 4.78 is 63.8. The Morgan fingerprint density at radius 2 is 1.81 bits per heavy atom. The first-order valence-corrected chi connectivity index (χ1v) is 15.6. The molecule has 0 spiro atoms. The van der Waals surface area contributed by atoms with Crippen LogP contribution in [-0.2, 0) is 16.8 Å². The van der Waals surface area contributed by atoms with Crippen LogP contribution in [0.25, 0.3) is 10.5 Å². The van der Waals surface area contributed by atoms with Gasteiger partial charge in [0.05, 0.1) is 36.1 Å². The zero-order valence-corrected chi connectivity index (χ0v) is 26.1. The molecule has 0 saturated heterocycles. The number of nitrogens with one attached hydrogen (secondary N) is 4. The highest BCUT2D eigenvalue weighted by molar-refractivity contribution is 8.40. The van der Waals surface area contributed by atoms with E-state index in [1.54, 1.807) is 19.0 Å². The van der Waals surface area contributed by atoms with E-state index in [0.717, 1.165) is 18.2 Å². The molecule has 1 aliphatic heterocycles. The van der Waals surface area contributed by atoms with Gasteiger partial charge in [0.15, 0.2) is 0 Å². The first-order valence-electron chi connectivity index (χ1n) is 13.6. The molecule has 5 rings (SSSR count). The van der Waals surface area contributed by atoms with Gasteiger partial charge in [0.25, 0.3) is 5.56 Å². The van der Waals surface area contributed by atoms with Gasteiger partial charge in [0.1, 0.15) is 11.6 Å². The predicted molar refractivity (Wildman–Crippen MR) is 165 cm³/mol. The topological polar surface area (TPSA) is 167 Å². The quantitative estimate of drug-likeness (QED) is 0.117. The zero-order chi connectivity index (χ0) is 34.1. The van der Waals surface area contributed by atoms with Gasteiger partial charge in [-0.1, -0.05) is 6.07 Å². The molecule has 3 aromatic heterocycles. The number of alkyl halides is 3. The molecule has 1 aromatic carbocycles. The van der Waals surface area contributed by atoms with Crippen molar-refractivity contribution in [1.82, 2.24) is 35.5 Å². The largest absolute Gasteiger partial charge is 0.480 e. The Kier molecular flexibility index (Phi) is 9.19. The Bertz CT molecular complexity index is 1960. The number of methoxy groups -OCH3 is 1. The molecular weight excluding hydrogens is 648 g/mol. The maximum atomic E-state index is 15.6. The number of carbonyl (C=O) groups is 1. The van der Waals surface area contributed by atoms with Crippen LogP contribution in [0.3, 0.4) is 0 Å². The lowest BCUT2D eigenvalue weighted by atomic mass is 10.0. The van der Waals surface area contributed by atoms with E-state index in [2.05, 4.69) is 40.8 Å². The van der Waals surface area contributed by atoms with E-state index >= 15 is 4.39 Å². The minimum absolute atomic E-state index is 0.0284. The van der Waals surface area contributed by atoms with Gasteiger partial charge < -0.3 is 14.6 Å². The number of nitrogens with zero attached hydrogens (tertiary/aromatic N) is 4. The number of aromatic amines is 2. The number of carbonyl (C=O) groups excluding carboxylic acids is 1. The Morgan fingerprint density at radius 1 is 1.04 bits per heavy atom. The predicted octanol–water partition coefficient (Wildman–Crippen LogP) is 3.91. The van der Waals surface area contributed by atoms with Crippen LogP contribution in [0.1, 0.15) is 27.9 Å². The van der Waals surface area contributed by atoms with Crippen molar-refractivity contribution in [2.75, 3.05) is 39.5 Å². The van der Waals surface area contributed by atoms with E-state index in [1.165, 1.54) is 44.7 Å². The summed E-state index contributed by atoms with van der Waals surface area (Å²) in [5, 5.41) is 10.8. The van der Waals surface area contributed by atoms with Gasteiger partial charge in [0.2, 0.25) is 5.88 Å². The Balaban J connectivity index is 1.89. The molecule has 18 heteroatoms. The number of fused-ring (bicyclic) bond motifs is 1. The number of H-pyrrole nitrogens is 2. The number of hydrogen-bond acceptors (Lipinski definition) is 9. The molecule has 13 nitrogen and oxygen atoms in total. The van der Waals surface area contributed by atoms with Gasteiger partial charge in [-0.15, -0.1) is 10.2 Å². The van der Waals surface area contributed by atoms with Crippen molar-refractivity contribution in [3.8, 4) is 5.88 Å². The number of ether oxygens (including phenoxy) is 1. The number of benzene rings is 1. The van der Waals surface area contributed by atoms with Crippen LogP contribution in [0, 0.1) is 5.82 Å². The molecule has 1 aliphatic rings. The van der Waals surface area contributed by atoms with Crippen LogP contribution < -0.4 is 26.8 Å². The number of rotatable bonds is 9. The molecule has 4 heterocycles. The van der Waals surface area contributed by atoms with Gasteiger partial charge in [-0.05, 0) is 44.4 Å². The fourth-order valence-electron chi connectivity index (χ4n) is 5.39. The molecule has 2 amide bonds. The van der Waals surface area contributed by atoms with Crippen molar-refractivity contribution < 1.29 is 31.9 Å². The van der Waals surface area contributed by atoms with Crippen LogP contribution in [0.5, 0.6) is 5.88 Å². The lowest BCUT2D eigenvalue weighted by Crippen LogP contribution is -2.29. The number of anilines is 1. The Hall–Kier alpha value is -5.07. The van der Waals surface area contributed by atoms with Crippen molar-refractivity contribution in [1.29, 1.82) is 0 Å². The Morgan fingerprint density at radius 3 is 2.40 bits per heavy atom. The Labute approximate surface area is 265 Å². The highest BCUT2D eigenvalue weighted by atomic mass is 32.3. The minimum Gasteiger partial charge on any atom is -0.480 e. The van der Waals surface area contributed by atoms with Crippen LogP contribution in [0.15, 0.2) is 63.3 Å². The summed E-state index contributed by atoms with van der Waals surface area (Å²) in [5.41, 5.74) is -1.00. The van der Waals surface area contributed by atoms with Crippen molar-refractivity contribution in [3.63, 3.8) is 0 Å². The zero-order valence-electron chi connectivity index (χ0n) is 25.3. The highest BCUT2D eigenvalue weighted by Gasteiger charge is 2.48. The van der Waals surface area contributed by atoms with E-state index < -0.39 is 56.2 Å². The summed E-state index contributed by atoms with van der Waals surface area (Å²) in [6.45, 7) is 0. The second-order valence-electron chi connectivity index (χ2n) is 10.5. The molecule has 1 unspecified atom stereocenters. The summed E-state index contributed by atoms with van der Waals surface area (Å²) in [6, 6.07) is 7.88. The van der Waals surface area contributed by atoms with Gasteiger partial charge in [-0.2, -0.15) is 23.2 Å². The van der Waals surface area contributed by atoms with Crippen molar-refractivity contribution in [2.45, 2.75) is 17.0 Å². The second-order valence-corrected chi connectivity index (χ2v) is 13.6. The number of amides is 2. The number of hydrogen-bond donors (Lipinski definition) is 4. The van der Waals surface area contributed by atoms with Crippen molar-refractivity contribution in [2.24, 2.45) is 0 Å². The summed E-state index contributed by atoms with van der Waals surface area (Å²) >= 11 is 0. The van der Waals surface area contributed by atoms with Crippen molar-refractivity contribution >= 4 is 32.4 Å². The summed E-state index contributed by atoms with van der Waals surface area (Å²) in [6.07, 6.45) is -3.58. The van der Waals surface area contributed by atoms with Crippen LogP contribution in [-0.4, -0.2) is 70.3 Å². The maximum Gasteiger partial charge on any atom is 0.416 e. The average Bonchev–Trinajstić information content (AvgIpc) is 3.27. The van der Waals surface area contributed by atoms with Crippen molar-refractivity contribution in [3.05, 3.63) is 103 Å². The maximum absolute atomic E-state index is 15.6. The molecule has 0 saturated carbocycles. The van der Waals surface area contributed by atoms with Crippen LogP contribution >= 0.6 is 10.0 Å². The van der Waals surface area contributed by atoms with E-state index in [9.17, 15) is 27.6 Å². The minimum atomic E-state index is -4.93. The number of hydroxylamine groups is 1. The normalized spacial score (nSPS) is 17.3. The van der Waals surface area contributed by atoms with Gasteiger partial charge in [0, 0.05) is 45.5 Å². The SMILES string of the molecule is CONC(=O)Nc1ccc(C2=C(c3ccc(OC)nn3)c3c([nH]c(=O)[nH]c3=O)S2(Cc2c(F)cccc2C(F)(F)F)CN(C)C)cn1. The molecule has 4 aromatic rings. The first kappa shape index (κ1) is 33.3. The fraction of sp³-hybridized carbons (Fsp3) is 0.241. The molecule has 0 bridgehead atoms. The third-order valence-electron chi connectivity index (χ3n) is 7.03. The first-order chi connectivity index (χ1) is 22.3. The van der Waals surface area contributed by atoms with E-state index in [0.29, 0.717) is 5.56 Å². The van der Waals surface area contributed by atoms with E-state index in [1.807, 2.05) is 0 Å². The molecule has 248 valence electrons. The summed E-state index contributed by atoms with van der Waals surface area (Å²) in [5.74, 6) is -1.50. The number of halogens is 4. The fourth-order valence-corrected chi connectivity index (χ4v) is 9.94. The molecular formula is C29H28F4N8O5S. The lowest BCUT2D eigenvalue weighted by molar-refractivity contribution is -0.138. The van der Waals surface area contributed by atoms with Crippen LogP contribution in [0.4, 0.5) is 28.2 Å². The lowest BCUT2D eigenvalue weighted by Gasteiger charge is -2.42. The van der Waals surface area contributed by atoms with E-state index in [-0.39, 0.29) is 44.3 Å². The molecule has 0 aliphatic carbocycles. The number of aromatic nitrogens is 5. The van der Waals surface area contributed by atoms with Gasteiger partial charge in [-0.25, -0.2) is 24.4 Å². The van der Waals surface area contributed by atoms with Gasteiger partial charge in [-0.3, -0.25) is 19.9 Å². The molecule has 1 atom stereocenters. The van der Waals surface area contributed by atoms with Crippen LogP contribution in [0.2, 0.25) is 0 Å². The summed E-state index contributed by atoms with van der Waals surface area (Å²) in [7, 11) is 2.89. The molecule has 47 heavy (non-hydrogen) atoms. The third kappa shape index (κ3) is 6.47. The second kappa shape index (κ2) is 13.0. The monoisotopic (exact) mass is 676 g/mol. The highest BCUT2D eigenvalue weighted by Crippen LogP contribution is 2.74. The average molecular weight is 677 g/mol. The molecule has 4 N–H and O–H groups in total. The molecule has 0 radical (unpaired) electrons. The smallest absolute Gasteiger partial charge is 0.416 e. The standard InChI is InChI=1S/C29H28F4N8O5S/c1-41(2)14-47(13-16-17(29(31,32)33)6-5-7-18(16)30)24(15-8-10-20(34-12-15)35-28(44)40-46-4)22(19-9-11-21(45-3)39-38-19)23-25(42)36-27(43)37-26(23)47/h5-12H,13-14H2,1-4H3,(H2,34,35,40,44)(H2,36,37,42,43). The number of pyridine rings is 1. The summed E-state index contributed by atoms with van der Waals surface area (Å²) in [4.78, 5) is 54.2. The number of urea groups is 1. The van der Waals surface area contributed by atoms with Gasteiger partial charge >= 0.3 is 17.9 Å². The third-order valence-corrected chi connectivity index (χ3v) is 11.1.